The standard InChI is InChI=1S/C26H26O2S/c1-26(2,3)28-21(27)13-19-22-17-12-18(15-9-5-4-8-14(15)17)23(22)24-16-10-6-7-11-20(16)29-25(19)24/h4-11,17-19,22-23H,12-13H2,1-3H3/t17-,18+,19+,22+,23+/m1/s1. The summed E-state index contributed by atoms with van der Waals surface area (Å²) in [6.45, 7) is 5.88. The summed E-state index contributed by atoms with van der Waals surface area (Å²) < 4.78 is 7.11. The van der Waals surface area contributed by atoms with Crippen LogP contribution in [0.25, 0.3) is 10.1 Å². The normalized spacial score (nSPS) is 29.0. The number of ether oxygens (including phenoxy) is 1. The van der Waals surface area contributed by atoms with Crippen molar-refractivity contribution in [3.63, 3.8) is 0 Å². The van der Waals surface area contributed by atoms with Crippen LogP contribution in [-0.2, 0) is 9.53 Å². The molecule has 0 spiro atoms. The lowest BCUT2D eigenvalue weighted by atomic mass is 9.72. The quantitative estimate of drug-likeness (QED) is 0.445. The Morgan fingerprint density at radius 1 is 1.03 bits per heavy atom. The van der Waals surface area contributed by atoms with Crippen LogP contribution in [0, 0.1) is 5.92 Å². The van der Waals surface area contributed by atoms with E-state index < -0.39 is 5.60 Å². The molecular formula is C26H26O2S. The highest BCUT2D eigenvalue weighted by molar-refractivity contribution is 7.19. The number of hydrogen-bond donors (Lipinski definition) is 0. The van der Waals surface area contributed by atoms with Crippen molar-refractivity contribution in [3.8, 4) is 0 Å². The number of rotatable bonds is 2. The van der Waals surface area contributed by atoms with E-state index in [0.29, 0.717) is 30.1 Å². The molecule has 29 heavy (non-hydrogen) atoms. The van der Waals surface area contributed by atoms with Crippen molar-refractivity contribution in [1.29, 1.82) is 0 Å². The molecule has 3 aromatic rings. The van der Waals surface area contributed by atoms with Gasteiger partial charge in [0.25, 0.3) is 0 Å². The maximum atomic E-state index is 12.9. The minimum absolute atomic E-state index is 0.0531. The van der Waals surface area contributed by atoms with Crippen LogP contribution >= 0.6 is 11.3 Å². The SMILES string of the molecule is CC(C)(C)OC(=O)C[C@@H]1c2sc3ccccc3c2[C@@H]2[C@H]1[C@@H]1C[C@H]2c2ccccc21. The molecule has 0 radical (unpaired) electrons. The zero-order valence-electron chi connectivity index (χ0n) is 17.1. The van der Waals surface area contributed by atoms with Gasteiger partial charge in [0.05, 0.1) is 6.42 Å². The van der Waals surface area contributed by atoms with E-state index in [0.717, 1.165) is 0 Å². The van der Waals surface area contributed by atoms with Gasteiger partial charge in [-0.05, 0) is 79.0 Å². The predicted octanol–water partition coefficient (Wildman–Crippen LogP) is 6.71. The van der Waals surface area contributed by atoms with Crippen LogP contribution in [0.4, 0.5) is 0 Å². The molecule has 0 amide bonds. The van der Waals surface area contributed by atoms with E-state index in [9.17, 15) is 4.79 Å². The van der Waals surface area contributed by atoms with Crippen molar-refractivity contribution >= 4 is 27.4 Å². The van der Waals surface area contributed by atoms with Gasteiger partial charge in [0.15, 0.2) is 0 Å². The molecule has 1 fully saturated rings. The van der Waals surface area contributed by atoms with Gasteiger partial charge in [0.2, 0.25) is 0 Å². The van der Waals surface area contributed by atoms with Crippen LogP contribution in [0.5, 0.6) is 0 Å². The lowest BCUT2D eigenvalue weighted by molar-refractivity contribution is -0.155. The molecule has 1 heterocycles. The van der Waals surface area contributed by atoms with Gasteiger partial charge in [-0.25, -0.2) is 0 Å². The molecule has 2 bridgehead atoms. The summed E-state index contributed by atoms with van der Waals surface area (Å²) in [4.78, 5) is 14.3. The number of carbonyl (C=O) groups excluding carboxylic acids is 1. The van der Waals surface area contributed by atoms with E-state index in [1.807, 2.05) is 32.1 Å². The first kappa shape index (κ1) is 17.7. The highest BCUT2D eigenvalue weighted by Crippen LogP contribution is 2.72. The van der Waals surface area contributed by atoms with Crippen molar-refractivity contribution in [2.45, 2.75) is 62.9 Å². The summed E-state index contributed by atoms with van der Waals surface area (Å²) >= 11 is 1.91. The fourth-order valence-electron chi connectivity index (χ4n) is 6.53. The summed E-state index contributed by atoms with van der Waals surface area (Å²) in [6, 6.07) is 17.8. The van der Waals surface area contributed by atoms with E-state index >= 15 is 0 Å². The second-order valence-electron chi connectivity index (χ2n) is 9.95. The minimum Gasteiger partial charge on any atom is -0.460 e. The zero-order chi connectivity index (χ0) is 19.9. The predicted molar refractivity (Wildman–Crippen MR) is 118 cm³/mol. The topological polar surface area (TPSA) is 26.3 Å². The van der Waals surface area contributed by atoms with E-state index in [2.05, 4.69) is 48.5 Å². The molecule has 5 atom stereocenters. The fourth-order valence-corrected chi connectivity index (χ4v) is 7.95. The Kier molecular flexibility index (Phi) is 3.63. The first-order chi connectivity index (χ1) is 13.9. The maximum Gasteiger partial charge on any atom is 0.306 e. The van der Waals surface area contributed by atoms with E-state index in [1.54, 1.807) is 11.1 Å². The second-order valence-corrected chi connectivity index (χ2v) is 11.0. The van der Waals surface area contributed by atoms with Gasteiger partial charge in [0.1, 0.15) is 5.60 Å². The largest absolute Gasteiger partial charge is 0.460 e. The minimum atomic E-state index is -0.431. The second kappa shape index (κ2) is 5.95. The van der Waals surface area contributed by atoms with Gasteiger partial charge in [0, 0.05) is 15.5 Å². The smallest absolute Gasteiger partial charge is 0.306 e. The third-order valence-electron chi connectivity index (χ3n) is 7.22. The lowest BCUT2D eigenvalue weighted by Crippen LogP contribution is -2.27. The number of carbonyl (C=O) groups is 1. The number of thiophene rings is 1. The third-order valence-corrected chi connectivity index (χ3v) is 8.54. The summed E-state index contributed by atoms with van der Waals surface area (Å²) in [7, 11) is 0. The van der Waals surface area contributed by atoms with Crippen molar-refractivity contribution < 1.29 is 9.53 Å². The van der Waals surface area contributed by atoms with Gasteiger partial charge in [-0.3, -0.25) is 4.79 Å². The third kappa shape index (κ3) is 2.49. The Morgan fingerprint density at radius 2 is 1.72 bits per heavy atom. The van der Waals surface area contributed by atoms with Crippen LogP contribution in [0.3, 0.4) is 0 Å². The molecule has 1 saturated carbocycles. The van der Waals surface area contributed by atoms with Crippen LogP contribution in [0.1, 0.15) is 78.9 Å². The molecule has 1 aromatic heterocycles. The van der Waals surface area contributed by atoms with Gasteiger partial charge in [-0.2, -0.15) is 0 Å². The summed E-state index contributed by atoms with van der Waals surface area (Å²) in [5.41, 5.74) is 4.20. The Labute approximate surface area is 175 Å². The van der Waals surface area contributed by atoms with Crippen molar-refractivity contribution in [3.05, 3.63) is 70.1 Å². The Bertz CT molecular complexity index is 1140. The number of fused-ring (bicyclic) bond motifs is 12. The summed E-state index contributed by atoms with van der Waals surface area (Å²) in [6.07, 6.45) is 1.74. The van der Waals surface area contributed by atoms with Crippen LogP contribution in [-0.4, -0.2) is 11.6 Å². The van der Waals surface area contributed by atoms with Crippen molar-refractivity contribution in [1.82, 2.24) is 0 Å². The van der Waals surface area contributed by atoms with Gasteiger partial charge < -0.3 is 4.74 Å². The number of hydrogen-bond acceptors (Lipinski definition) is 3. The zero-order valence-corrected chi connectivity index (χ0v) is 18.0. The average molecular weight is 403 g/mol. The van der Waals surface area contributed by atoms with Gasteiger partial charge in [-0.1, -0.05) is 42.5 Å². The average Bonchev–Trinajstić information content (AvgIpc) is 3.38. The lowest BCUT2D eigenvalue weighted by Gasteiger charge is -2.32. The Hall–Kier alpha value is -2.13. The molecule has 0 unspecified atom stereocenters. The molecular weight excluding hydrogens is 376 g/mol. The Balaban J connectivity index is 1.48. The number of benzene rings is 2. The highest BCUT2D eigenvalue weighted by atomic mass is 32.1. The van der Waals surface area contributed by atoms with Crippen LogP contribution in [0.15, 0.2) is 48.5 Å². The van der Waals surface area contributed by atoms with E-state index in [1.165, 1.54) is 26.9 Å². The first-order valence-corrected chi connectivity index (χ1v) is 11.6. The molecule has 0 aliphatic heterocycles. The maximum absolute atomic E-state index is 12.9. The molecule has 0 N–H and O–H groups in total. The van der Waals surface area contributed by atoms with Gasteiger partial charge in [-0.15, -0.1) is 11.3 Å². The van der Waals surface area contributed by atoms with Crippen molar-refractivity contribution in [2.75, 3.05) is 0 Å². The molecule has 0 saturated heterocycles. The molecule has 2 aromatic carbocycles. The molecule has 3 aliphatic carbocycles. The van der Waals surface area contributed by atoms with Gasteiger partial charge >= 0.3 is 5.97 Å². The molecule has 3 heteroatoms. The molecule has 6 rings (SSSR count). The molecule has 148 valence electrons. The van der Waals surface area contributed by atoms with E-state index in [-0.39, 0.29) is 11.9 Å². The Morgan fingerprint density at radius 3 is 2.48 bits per heavy atom. The number of esters is 1. The van der Waals surface area contributed by atoms with E-state index in [4.69, 9.17) is 4.74 Å². The molecule has 3 aliphatic rings. The van der Waals surface area contributed by atoms with Crippen LogP contribution < -0.4 is 0 Å². The summed E-state index contributed by atoms with van der Waals surface area (Å²) in [5.74, 6) is 2.49. The molecule has 2 nitrogen and oxygen atoms in total. The van der Waals surface area contributed by atoms with Crippen molar-refractivity contribution in [2.24, 2.45) is 5.92 Å². The fraction of sp³-hybridized carbons (Fsp3) is 0.423. The summed E-state index contributed by atoms with van der Waals surface area (Å²) in [5, 5.41) is 1.42. The van der Waals surface area contributed by atoms with Crippen LogP contribution in [0.2, 0.25) is 0 Å². The monoisotopic (exact) mass is 402 g/mol. The first-order valence-electron chi connectivity index (χ1n) is 10.7. The highest BCUT2D eigenvalue weighted by Gasteiger charge is 2.59.